The van der Waals surface area contributed by atoms with E-state index in [-0.39, 0.29) is 12.4 Å². The van der Waals surface area contributed by atoms with Gasteiger partial charge >= 0.3 is 0 Å². The third-order valence-electron chi connectivity index (χ3n) is 0.732. The Bertz CT molecular complexity index is 37.8. The van der Waals surface area contributed by atoms with Crippen molar-refractivity contribution in [3.05, 3.63) is 0 Å². The van der Waals surface area contributed by atoms with Crippen LogP contribution >= 0.6 is 35.0 Å². The molecule has 1 aliphatic rings. The topological polar surface area (TPSA) is 12.0 Å². The Hall–Kier alpha value is 0.980. The van der Waals surface area contributed by atoms with Gasteiger partial charge < -0.3 is 5.32 Å². The lowest BCUT2D eigenvalue weighted by Gasteiger charge is -2.19. The molecule has 3 heteroatoms. The van der Waals surface area contributed by atoms with Crippen molar-refractivity contribution >= 4 is 35.0 Å². The minimum absolute atomic E-state index is 0. The third-order valence-corrected chi connectivity index (χ3v) is 1.61. The zero-order valence-corrected chi connectivity index (χ0v) is 6.25. The van der Waals surface area contributed by atoms with Crippen molar-refractivity contribution in [2.45, 2.75) is 3.92 Å². The van der Waals surface area contributed by atoms with Crippen LogP contribution in [0.15, 0.2) is 0 Å². The highest BCUT2D eigenvalue weighted by Crippen LogP contribution is 2.02. The van der Waals surface area contributed by atoms with Gasteiger partial charge in [0.2, 0.25) is 0 Å². The second-order valence-corrected chi connectivity index (χ2v) is 3.02. The number of hydrogen-bond donors (Lipinski definition) is 1. The van der Waals surface area contributed by atoms with Gasteiger partial charge in [-0.3, -0.25) is 0 Å². The normalized spacial score (nSPS) is 21.5. The fourth-order valence-electron chi connectivity index (χ4n) is 0.253. The van der Waals surface area contributed by atoms with Crippen LogP contribution in [0, 0.1) is 0 Å². The summed E-state index contributed by atoms with van der Waals surface area (Å²) in [6.45, 7) is 2.45. The summed E-state index contributed by atoms with van der Waals surface area (Å²) in [6, 6.07) is 0. The number of nitrogens with one attached hydrogen (secondary N) is 1. The second-order valence-electron chi connectivity index (χ2n) is 1.26. The largest absolute Gasteiger partial charge is 0.315 e. The van der Waals surface area contributed by atoms with E-state index in [1.165, 1.54) is 13.1 Å². The molecule has 38 valence electrons. The summed E-state index contributed by atoms with van der Waals surface area (Å²) in [4.78, 5) is 0. The van der Waals surface area contributed by atoms with Crippen LogP contribution in [0.5, 0.6) is 0 Å². The predicted octanol–water partition coefficient (Wildman–Crippen LogP) is 0.815. The van der Waals surface area contributed by atoms with Gasteiger partial charge in [-0.05, 0) is 0 Å². The summed E-state index contributed by atoms with van der Waals surface area (Å²) in [5, 5.41) is 3.15. The molecule has 0 aromatic rings. The van der Waals surface area contributed by atoms with E-state index in [9.17, 15) is 0 Å². The molecule has 1 rings (SSSR count). The molecule has 0 bridgehead atoms. The molecule has 0 unspecified atom stereocenters. The summed E-state index contributed by atoms with van der Waals surface area (Å²) < 4.78 is 0.924. The van der Waals surface area contributed by atoms with E-state index >= 15 is 0 Å². The lowest BCUT2D eigenvalue weighted by molar-refractivity contribution is 0.561. The lowest BCUT2D eigenvalue weighted by Crippen LogP contribution is -2.42. The maximum absolute atomic E-state index is 3.15. The molecular weight excluding hydrogens is 212 g/mol. The molecule has 1 saturated heterocycles. The van der Waals surface area contributed by atoms with Gasteiger partial charge in [0.15, 0.2) is 0 Å². The van der Waals surface area contributed by atoms with Gasteiger partial charge in [0, 0.05) is 17.0 Å². The molecule has 1 aliphatic heterocycles. The van der Waals surface area contributed by atoms with E-state index in [2.05, 4.69) is 27.9 Å². The van der Waals surface area contributed by atoms with Crippen molar-refractivity contribution in [3.8, 4) is 0 Å². The van der Waals surface area contributed by atoms with E-state index in [0.717, 1.165) is 3.92 Å². The lowest BCUT2D eigenvalue weighted by atomic mass is 10.3. The highest BCUT2D eigenvalue weighted by Gasteiger charge is 2.09. The van der Waals surface area contributed by atoms with Gasteiger partial charge in [-0.2, -0.15) is 0 Å². The molecule has 0 aliphatic carbocycles. The highest BCUT2D eigenvalue weighted by molar-refractivity contribution is 14.1. The standard InChI is InChI=1S/C3H6IN.ClH/c4-3-1-5-2-3;/h3,5H,1-2H2;1H. The van der Waals surface area contributed by atoms with Crippen LogP contribution in [-0.2, 0) is 0 Å². The van der Waals surface area contributed by atoms with E-state index in [1.807, 2.05) is 0 Å². The zero-order valence-electron chi connectivity index (χ0n) is 3.28. The minimum Gasteiger partial charge on any atom is -0.315 e. The molecule has 0 saturated carbocycles. The first-order valence-electron chi connectivity index (χ1n) is 1.74. The minimum atomic E-state index is 0. The molecule has 0 aromatic heterocycles. The SMILES string of the molecule is Cl.IC1CNC1. The van der Waals surface area contributed by atoms with Gasteiger partial charge in [0.1, 0.15) is 0 Å². The molecule has 0 spiro atoms. The van der Waals surface area contributed by atoms with Crippen molar-refractivity contribution in [2.75, 3.05) is 13.1 Å². The first-order valence-corrected chi connectivity index (χ1v) is 2.99. The average Bonchev–Trinajstić information content (AvgIpc) is 1.30. The molecule has 6 heavy (non-hydrogen) atoms. The molecule has 0 radical (unpaired) electrons. The molecule has 1 nitrogen and oxygen atoms in total. The van der Waals surface area contributed by atoms with Gasteiger partial charge in [0.25, 0.3) is 0 Å². The van der Waals surface area contributed by atoms with Crippen LogP contribution in [0.3, 0.4) is 0 Å². The summed E-state index contributed by atoms with van der Waals surface area (Å²) in [7, 11) is 0. The predicted molar refractivity (Wildman–Crippen MR) is 37.9 cm³/mol. The fourth-order valence-corrected chi connectivity index (χ4v) is 0.876. The number of alkyl halides is 1. The average molecular weight is 219 g/mol. The Morgan fingerprint density at radius 3 is 1.83 bits per heavy atom. The van der Waals surface area contributed by atoms with E-state index < -0.39 is 0 Å². The van der Waals surface area contributed by atoms with Crippen molar-refractivity contribution in [1.82, 2.24) is 5.32 Å². The van der Waals surface area contributed by atoms with Crippen LogP contribution in [-0.4, -0.2) is 17.0 Å². The quantitative estimate of drug-likeness (QED) is 0.470. The Labute approximate surface area is 57.4 Å². The van der Waals surface area contributed by atoms with Crippen LogP contribution in [0.2, 0.25) is 0 Å². The Morgan fingerprint density at radius 1 is 1.50 bits per heavy atom. The molecule has 0 aromatic carbocycles. The van der Waals surface area contributed by atoms with E-state index in [1.54, 1.807) is 0 Å². The maximum atomic E-state index is 3.15. The van der Waals surface area contributed by atoms with Crippen LogP contribution in [0.1, 0.15) is 0 Å². The summed E-state index contributed by atoms with van der Waals surface area (Å²) in [5.41, 5.74) is 0. The van der Waals surface area contributed by atoms with Gasteiger partial charge in [-0.25, -0.2) is 0 Å². The molecule has 1 heterocycles. The summed E-state index contributed by atoms with van der Waals surface area (Å²) >= 11 is 2.43. The molecule has 0 amide bonds. The van der Waals surface area contributed by atoms with Crippen molar-refractivity contribution in [2.24, 2.45) is 0 Å². The number of rotatable bonds is 0. The van der Waals surface area contributed by atoms with E-state index in [4.69, 9.17) is 0 Å². The summed E-state index contributed by atoms with van der Waals surface area (Å²) in [5.74, 6) is 0. The maximum Gasteiger partial charge on any atom is 0.0359 e. The Kier molecular flexibility index (Phi) is 3.54. The Balaban J connectivity index is 0.000000250. The van der Waals surface area contributed by atoms with E-state index in [0.29, 0.717) is 0 Å². The molecule has 1 N–H and O–H groups in total. The Morgan fingerprint density at radius 2 is 1.83 bits per heavy atom. The zero-order chi connectivity index (χ0) is 3.70. The molecule has 1 fully saturated rings. The smallest absolute Gasteiger partial charge is 0.0359 e. The van der Waals surface area contributed by atoms with Crippen LogP contribution in [0.25, 0.3) is 0 Å². The highest BCUT2D eigenvalue weighted by atomic mass is 127. The van der Waals surface area contributed by atoms with Crippen molar-refractivity contribution in [1.29, 1.82) is 0 Å². The third kappa shape index (κ3) is 1.62. The second kappa shape index (κ2) is 3.04. The van der Waals surface area contributed by atoms with Gasteiger partial charge in [-0.15, -0.1) is 12.4 Å². The van der Waals surface area contributed by atoms with Gasteiger partial charge in [-0.1, -0.05) is 22.6 Å². The van der Waals surface area contributed by atoms with Crippen LogP contribution in [0.4, 0.5) is 0 Å². The fraction of sp³-hybridized carbons (Fsp3) is 1.00. The number of hydrogen-bond acceptors (Lipinski definition) is 1. The number of halogens is 2. The first kappa shape index (κ1) is 6.98. The van der Waals surface area contributed by atoms with Crippen molar-refractivity contribution in [3.63, 3.8) is 0 Å². The summed E-state index contributed by atoms with van der Waals surface area (Å²) in [6.07, 6.45) is 0. The van der Waals surface area contributed by atoms with Crippen LogP contribution < -0.4 is 5.32 Å². The van der Waals surface area contributed by atoms with Crippen molar-refractivity contribution < 1.29 is 0 Å². The molecular formula is C3H7ClIN. The first-order chi connectivity index (χ1) is 2.39. The monoisotopic (exact) mass is 219 g/mol. The molecule has 0 atom stereocenters. The van der Waals surface area contributed by atoms with Gasteiger partial charge in [0.05, 0.1) is 0 Å².